The van der Waals surface area contributed by atoms with Gasteiger partial charge in [0.2, 0.25) is 11.8 Å². The van der Waals surface area contributed by atoms with Crippen LogP contribution in [0.15, 0.2) is 42.7 Å². The van der Waals surface area contributed by atoms with Crippen molar-refractivity contribution in [2.45, 2.75) is 44.9 Å². The van der Waals surface area contributed by atoms with E-state index in [9.17, 15) is 9.59 Å². The monoisotopic (exact) mass is 338 g/mol. The maximum Gasteiger partial charge on any atom is 0.245 e. The molecule has 1 atom stereocenters. The maximum atomic E-state index is 12.8. The van der Waals surface area contributed by atoms with Crippen molar-refractivity contribution < 1.29 is 9.59 Å². The summed E-state index contributed by atoms with van der Waals surface area (Å²) in [6, 6.07) is 9.83. The molecule has 1 aromatic heterocycles. The second kappa shape index (κ2) is 6.35. The Kier molecular flexibility index (Phi) is 4.03. The fourth-order valence-corrected chi connectivity index (χ4v) is 3.41. The second-order valence-electron chi connectivity index (χ2n) is 6.86. The smallest absolute Gasteiger partial charge is 0.245 e. The van der Waals surface area contributed by atoms with Crippen LogP contribution in [-0.2, 0) is 22.7 Å². The number of aromatic nitrogens is 2. The molecule has 4 rings (SSSR count). The van der Waals surface area contributed by atoms with Crippen molar-refractivity contribution in [3.8, 4) is 0 Å². The Balaban J connectivity index is 1.47. The molecule has 0 N–H and O–H groups in total. The van der Waals surface area contributed by atoms with Crippen molar-refractivity contribution in [2.24, 2.45) is 0 Å². The first-order chi connectivity index (χ1) is 12.1. The van der Waals surface area contributed by atoms with Crippen LogP contribution < -0.4 is 0 Å². The first-order valence-corrected chi connectivity index (χ1v) is 8.77. The molecule has 1 saturated carbocycles. The number of carbonyl (C=O) groups is 2. The van der Waals surface area contributed by atoms with Crippen LogP contribution >= 0.6 is 0 Å². The van der Waals surface area contributed by atoms with Crippen molar-refractivity contribution in [2.75, 3.05) is 6.54 Å². The average Bonchev–Trinajstić information content (AvgIpc) is 3.36. The van der Waals surface area contributed by atoms with Gasteiger partial charge in [0.05, 0.1) is 6.54 Å². The second-order valence-corrected chi connectivity index (χ2v) is 6.86. The van der Waals surface area contributed by atoms with Gasteiger partial charge in [-0.05, 0) is 25.3 Å². The zero-order chi connectivity index (χ0) is 17.4. The molecule has 6 heteroatoms. The van der Waals surface area contributed by atoms with E-state index in [2.05, 4.69) is 9.55 Å². The van der Waals surface area contributed by atoms with E-state index >= 15 is 0 Å². The molecule has 0 radical (unpaired) electrons. The lowest BCUT2D eigenvalue weighted by Crippen LogP contribution is -2.58. The Labute approximate surface area is 147 Å². The first kappa shape index (κ1) is 15.9. The van der Waals surface area contributed by atoms with E-state index < -0.39 is 6.04 Å². The van der Waals surface area contributed by atoms with E-state index in [1.54, 1.807) is 16.0 Å². The lowest BCUT2D eigenvalue weighted by molar-refractivity contribution is -0.156. The molecule has 2 heterocycles. The molecule has 0 bridgehead atoms. The summed E-state index contributed by atoms with van der Waals surface area (Å²) in [5.41, 5.74) is 1.04. The maximum absolute atomic E-state index is 12.8. The van der Waals surface area contributed by atoms with Crippen LogP contribution in [0.3, 0.4) is 0 Å². The summed E-state index contributed by atoms with van der Waals surface area (Å²) in [6.45, 7) is 2.80. The van der Waals surface area contributed by atoms with E-state index in [0.717, 1.165) is 24.2 Å². The number of hydrogen-bond acceptors (Lipinski definition) is 3. The lowest BCUT2D eigenvalue weighted by atomic mass is 10.1. The molecule has 0 spiro atoms. The van der Waals surface area contributed by atoms with E-state index in [1.807, 2.05) is 43.5 Å². The van der Waals surface area contributed by atoms with Crippen molar-refractivity contribution in [1.82, 2.24) is 19.4 Å². The van der Waals surface area contributed by atoms with Crippen molar-refractivity contribution in [1.29, 1.82) is 0 Å². The van der Waals surface area contributed by atoms with Gasteiger partial charge < -0.3 is 14.4 Å². The highest BCUT2D eigenvalue weighted by Gasteiger charge is 2.37. The molecule has 130 valence electrons. The fraction of sp³-hybridized carbons (Fsp3) is 0.421. The van der Waals surface area contributed by atoms with Crippen LogP contribution in [-0.4, -0.2) is 43.8 Å². The van der Waals surface area contributed by atoms with Crippen LogP contribution in [0.4, 0.5) is 0 Å². The molecule has 0 unspecified atom stereocenters. The summed E-state index contributed by atoms with van der Waals surface area (Å²) in [5.74, 6) is 0.841. The third kappa shape index (κ3) is 3.16. The predicted octanol–water partition coefficient (Wildman–Crippen LogP) is 1.98. The highest BCUT2D eigenvalue weighted by Crippen LogP contribution is 2.35. The molecule has 2 aliphatic rings. The van der Waals surface area contributed by atoms with Gasteiger partial charge >= 0.3 is 0 Å². The summed E-state index contributed by atoms with van der Waals surface area (Å²) in [7, 11) is 0. The lowest BCUT2D eigenvalue weighted by Gasteiger charge is -2.38. The minimum Gasteiger partial charge on any atom is -0.330 e. The molecule has 2 fully saturated rings. The minimum atomic E-state index is -0.464. The molecule has 25 heavy (non-hydrogen) atoms. The Bertz CT molecular complexity index is 782. The quantitative estimate of drug-likeness (QED) is 0.837. The number of imidazole rings is 1. The van der Waals surface area contributed by atoms with Gasteiger partial charge in [-0.3, -0.25) is 9.59 Å². The van der Waals surface area contributed by atoms with E-state index in [1.165, 1.54) is 0 Å². The van der Waals surface area contributed by atoms with Gasteiger partial charge in [-0.2, -0.15) is 0 Å². The molecule has 1 aromatic carbocycles. The number of rotatable bonds is 5. The summed E-state index contributed by atoms with van der Waals surface area (Å²) in [5, 5.41) is 0. The molecule has 2 aromatic rings. The number of nitrogens with zero attached hydrogens (tertiary/aromatic N) is 4. The Morgan fingerprint density at radius 3 is 2.60 bits per heavy atom. The van der Waals surface area contributed by atoms with Gasteiger partial charge in [0, 0.05) is 25.0 Å². The third-order valence-electron chi connectivity index (χ3n) is 5.00. The van der Waals surface area contributed by atoms with Gasteiger partial charge in [-0.25, -0.2) is 4.98 Å². The highest BCUT2D eigenvalue weighted by molar-refractivity contribution is 5.94. The van der Waals surface area contributed by atoms with Crippen molar-refractivity contribution >= 4 is 11.8 Å². The predicted molar refractivity (Wildman–Crippen MR) is 92.4 cm³/mol. The molecule has 1 aliphatic carbocycles. The standard InChI is InChI=1S/C19H22N4O2/c1-14-19(25)21(11-15-5-3-2-4-6-15)13-18(24)23(14)12-17-20-9-10-22(17)16-7-8-16/h2-6,9-10,14,16H,7-8,11-13H2,1H3/t14-/m1/s1. The SMILES string of the molecule is C[C@@H]1C(=O)N(Cc2ccccc2)CC(=O)N1Cc1nccn1C1CC1. The molecule has 1 aliphatic heterocycles. The number of carbonyl (C=O) groups excluding carboxylic acids is 2. The van der Waals surface area contributed by atoms with Crippen LogP contribution in [0.2, 0.25) is 0 Å². The molecule has 2 amide bonds. The summed E-state index contributed by atoms with van der Waals surface area (Å²) < 4.78 is 2.14. The van der Waals surface area contributed by atoms with Gasteiger partial charge in [-0.15, -0.1) is 0 Å². The van der Waals surface area contributed by atoms with E-state index in [-0.39, 0.29) is 18.4 Å². The largest absolute Gasteiger partial charge is 0.330 e. The molecular formula is C19H22N4O2. The number of hydrogen-bond donors (Lipinski definition) is 0. The zero-order valence-electron chi connectivity index (χ0n) is 14.3. The Hall–Kier alpha value is -2.63. The first-order valence-electron chi connectivity index (χ1n) is 8.77. The molecule has 1 saturated heterocycles. The van der Waals surface area contributed by atoms with Crippen molar-refractivity contribution in [3.05, 3.63) is 54.1 Å². The van der Waals surface area contributed by atoms with Crippen LogP contribution in [0, 0.1) is 0 Å². The van der Waals surface area contributed by atoms with Crippen LogP contribution in [0.1, 0.15) is 37.2 Å². The van der Waals surface area contributed by atoms with Gasteiger partial charge in [0.15, 0.2) is 0 Å². The normalized spacial score (nSPS) is 21.1. The third-order valence-corrected chi connectivity index (χ3v) is 5.00. The fourth-order valence-electron chi connectivity index (χ4n) is 3.41. The molecular weight excluding hydrogens is 316 g/mol. The van der Waals surface area contributed by atoms with Gasteiger partial charge in [0.25, 0.3) is 0 Å². The van der Waals surface area contributed by atoms with E-state index in [4.69, 9.17) is 0 Å². The topological polar surface area (TPSA) is 58.4 Å². The Morgan fingerprint density at radius 1 is 1.12 bits per heavy atom. The van der Waals surface area contributed by atoms with Crippen molar-refractivity contribution in [3.63, 3.8) is 0 Å². The summed E-state index contributed by atoms with van der Waals surface area (Å²) >= 11 is 0. The number of piperazine rings is 1. The summed E-state index contributed by atoms with van der Waals surface area (Å²) in [6.07, 6.45) is 6.07. The zero-order valence-corrected chi connectivity index (χ0v) is 14.3. The van der Waals surface area contributed by atoms with Crippen LogP contribution in [0.5, 0.6) is 0 Å². The van der Waals surface area contributed by atoms with E-state index in [0.29, 0.717) is 19.1 Å². The van der Waals surface area contributed by atoms with Gasteiger partial charge in [-0.1, -0.05) is 30.3 Å². The number of amides is 2. The van der Waals surface area contributed by atoms with Crippen LogP contribution in [0.25, 0.3) is 0 Å². The molecule has 6 nitrogen and oxygen atoms in total. The average molecular weight is 338 g/mol. The highest BCUT2D eigenvalue weighted by atomic mass is 16.2. The van der Waals surface area contributed by atoms with Gasteiger partial charge in [0.1, 0.15) is 18.4 Å². The number of benzene rings is 1. The Morgan fingerprint density at radius 2 is 1.88 bits per heavy atom. The summed E-state index contributed by atoms with van der Waals surface area (Å²) in [4.78, 5) is 33.1. The minimum absolute atomic E-state index is 0.00650.